The molecule has 0 aromatic carbocycles. The normalized spacial score (nSPS) is 11.5. The standard InChI is InChI=1S/C11H14N6O/c1-11(2,18)8-3-4-17(16-8)10-7(5-12)9(13)14-6-15-10/h3-6,12,18H,1-2H3,(H2,13,14,15). The Labute approximate surface area is 104 Å². The Balaban J connectivity index is 2.53. The van der Waals surface area contributed by atoms with Gasteiger partial charge in [0.15, 0.2) is 5.82 Å². The molecule has 2 aromatic heterocycles. The van der Waals surface area contributed by atoms with Crippen LogP contribution in [0.3, 0.4) is 0 Å². The van der Waals surface area contributed by atoms with Gasteiger partial charge in [0, 0.05) is 12.4 Å². The van der Waals surface area contributed by atoms with Crippen LogP contribution in [0.2, 0.25) is 0 Å². The van der Waals surface area contributed by atoms with Gasteiger partial charge in [-0.15, -0.1) is 0 Å². The summed E-state index contributed by atoms with van der Waals surface area (Å²) in [5.74, 6) is 0.628. The van der Waals surface area contributed by atoms with E-state index in [2.05, 4.69) is 15.1 Å². The highest BCUT2D eigenvalue weighted by atomic mass is 16.3. The summed E-state index contributed by atoms with van der Waals surface area (Å²) in [6, 6.07) is 1.69. The molecule has 0 spiro atoms. The summed E-state index contributed by atoms with van der Waals surface area (Å²) in [4.78, 5) is 7.87. The molecule has 2 heterocycles. The van der Waals surface area contributed by atoms with Gasteiger partial charge in [-0.2, -0.15) is 5.10 Å². The molecule has 0 saturated heterocycles. The summed E-state index contributed by atoms with van der Waals surface area (Å²) in [6.07, 6.45) is 4.04. The molecule has 0 unspecified atom stereocenters. The monoisotopic (exact) mass is 246 g/mol. The van der Waals surface area contributed by atoms with E-state index < -0.39 is 5.60 Å². The molecule has 2 aromatic rings. The van der Waals surface area contributed by atoms with Crippen LogP contribution in [-0.4, -0.2) is 31.1 Å². The molecule has 7 nitrogen and oxygen atoms in total. The van der Waals surface area contributed by atoms with Crippen molar-refractivity contribution in [2.75, 3.05) is 5.73 Å². The first-order valence-electron chi connectivity index (χ1n) is 5.33. The molecule has 2 rings (SSSR count). The van der Waals surface area contributed by atoms with Gasteiger partial charge in [-0.05, 0) is 19.9 Å². The van der Waals surface area contributed by atoms with E-state index in [1.807, 2.05) is 0 Å². The molecule has 0 atom stereocenters. The molecule has 0 aliphatic carbocycles. The van der Waals surface area contributed by atoms with E-state index in [9.17, 15) is 5.11 Å². The highest BCUT2D eigenvalue weighted by molar-refractivity contribution is 5.87. The van der Waals surface area contributed by atoms with E-state index in [1.54, 1.807) is 26.1 Å². The van der Waals surface area contributed by atoms with Crippen LogP contribution in [0, 0.1) is 5.41 Å². The molecule has 4 N–H and O–H groups in total. The Morgan fingerprint density at radius 2 is 2.17 bits per heavy atom. The fourth-order valence-electron chi connectivity index (χ4n) is 1.49. The lowest BCUT2D eigenvalue weighted by Crippen LogP contribution is -2.17. The Morgan fingerprint density at radius 1 is 1.44 bits per heavy atom. The van der Waals surface area contributed by atoms with Crippen LogP contribution in [0.25, 0.3) is 5.82 Å². The highest BCUT2D eigenvalue weighted by Crippen LogP contribution is 2.19. The van der Waals surface area contributed by atoms with Crippen molar-refractivity contribution in [2.45, 2.75) is 19.4 Å². The van der Waals surface area contributed by atoms with E-state index in [0.717, 1.165) is 6.21 Å². The second kappa shape index (κ2) is 4.19. The molecular formula is C11H14N6O. The van der Waals surface area contributed by atoms with Crippen molar-refractivity contribution < 1.29 is 5.11 Å². The second-order valence-electron chi connectivity index (χ2n) is 4.35. The summed E-state index contributed by atoms with van der Waals surface area (Å²) < 4.78 is 1.46. The Morgan fingerprint density at radius 3 is 2.72 bits per heavy atom. The van der Waals surface area contributed by atoms with Crippen molar-refractivity contribution in [1.29, 1.82) is 5.41 Å². The van der Waals surface area contributed by atoms with Gasteiger partial charge in [0.2, 0.25) is 0 Å². The number of nitrogens with zero attached hydrogens (tertiary/aromatic N) is 4. The minimum Gasteiger partial charge on any atom is -0.384 e. The van der Waals surface area contributed by atoms with Crippen LogP contribution in [0.1, 0.15) is 25.1 Å². The van der Waals surface area contributed by atoms with Crippen molar-refractivity contribution in [2.24, 2.45) is 0 Å². The summed E-state index contributed by atoms with van der Waals surface area (Å²) in [7, 11) is 0. The lowest BCUT2D eigenvalue weighted by molar-refractivity contribution is 0.0734. The van der Waals surface area contributed by atoms with E-state index in [1.165, 1.54) is 11.0 Å². The summed E-state index contributed by atoms with van der Waals surface area (Å²) in [6.45, 7) is 3.29. The first-order valence-corrected chi connectivity index (χ1v) is 5.33. The van der Waals surface area contributed by atoms with E-state index in [0.29, 0.717) is 17.1 Å². The maximum absolute atomic E-state index is 9.85. The zero-order valence-electron chi connectivity index (χ0n) is 10.1. The summed E-state index contributed by atoms with van der Waals surface area (Å²) >= 11 is 0. The topological polar surface area (TPSA) is 114 Å². The molecule has 94 valence electrons. The van der Waals surface area contributed by atoms with Crippen molar-refractivity contribution in [3.63, 3.8) is 0 Å². The van der Waals surface area contributed by atoms with Crippen molar-refractivity contribution in [1.82, 2.24) is 19.7 Å². The van der Waals surface area contributed by atoms with Gasteiger partial charge >= 0.3 is 0 Å². The third-order valence-electron chi connectivity index (χ3n) is 2.47. The zero-order chi connectivity index (χ0) is 13.3. The number of hydrogen-bond acceptors (Lipinski definition) is 6. The number of nitrogens with one attached hydrogen (secondary N) is 1. The average Bonchev–Trinajstić information content (AvgIpc) is 2.77. The van der Waals surface area contributed by atoms with Gasteiger partial charge in [0.25, 0.3) is 0 Å². The van der Waals surface area contributed by atoms with Crippen molar-refractivity contribution in [3.8, 4) is 5.82 Å². The molecule has 0 aliphatic rings. The molecule has 0 radical (unpaired) electrons. The number of aliphatic hydroxyl groups is 1. The lowest BCUT2D eigenvalue weighted by atomic mass is 10.1. The maximum atomic E-state index is 9.85. The van der Waals surface area contributed by atoms with Gasteiger partial charge in [-0.3, -0.25) is 0 Å². The van der Waals surface area contributed by atoms with Crippen LogP contribution in [0.15, 0.2) is 18.6 Å². The molecule has 0 aliphatic heterocycles. The Hall–Kier alpha value is -2.28. The lowest BCUT2D eigenvalue weighted by Gasteiger charge is -2.13. The predicted octanol–water partition coefficient (Wildman–Crippen LogP) is 0.470. The van der Waals surface area contributed by atoms with Crippen molar-refractivity contribution >= 4 is 12.0 Å². The number of hydrogen-bond donors (Lipinski definition) is 3. The van der Waals surface area contributed by atoms with Gasteiger partial charge < -0.3 is 16.2 Å². The van der Waals surface area contributed by atoms with Gasteiger partial charge in [0.1, 0.15) is 17.7 Å². The number of anilines is 1. The number of nitrogens with two attached hydrogens (primary N) is 1. The quantitative estimate of drug-likeness (QED) is 0.681. The third kappa shape index (κ3) is 2.07. The van der Waals surface area contributed by atoms with Gasteiger partial charge in [-0.25, -0.2) is 14.6 Å². The summed E-state index contributed by atoms with van der Waals surface area (Å²) in [5, 5.41) is 21.4. The molecule has 0 fully saturated rings. The molecule has 7 heteroatoms. The van der Waals surface area contributed by atoms with E-state index >= 15 is 0 Å². The van der Waals surface area contributed by atoms with Crippen LogP contribution in [0.4, 0.5) is 5.82 Å². The minimum atomic E-state index is -1.03. The summed E-state index contributed by atoms with van der Waals surface area (Å²) in [5.41, 5.74) is 5.54. The largest absolute Gasteiger partial charge is 0.384 e. The highest BCUT2D eigenvalue weighted by Gasteiger charge is 2.20. The molecule has 0 bridgehead atoms. The number of aromatic nitrogens is 4. The van der Waals surface area contributed by atoms with Crippen LogP contribution in [0.5, 0.6) is 0 Å². The first-order chi connectivity index (χ1) is 8.43. The maximum Gasteiger partial charge on any atom is 0.167 e. The second-order valence-corrected chi connectivity index (χ2v) is 4.35. The fraction of sp³-hybridized carbons (Fsp3) is 0.273. The Kier molecular flexibility index (Phi) is 2.84. The first kappa shape index (κ1) is 12.2. The van der Waals surface area contributed by atoms with E-state index in [4.69, 9.17) is 11.1 Å². The predicted molar refractivity (Wildman–Crippen MR) is 66.7 cm³/mol. The van der Waals surface area contributed by atoms with Gasteiger partial charge in [0.05, 0.1) is 11.3 Å². The van der Waals surface area contributed by atoms with Crippen molar-refractivity contribution in [3.05, 3.63) is 29.8 Å². The molecule has 0 saturated carbocycles. The third-order valence-corrected chi connectivity index (χ3v) is 2.47. The minimum absolute atomic E-state index is 0.218. The SMILES string of the molecule is CC(C)(O)c1ccn(-c2ncnc(N)c2C=N)n1. The Bertz CT molecular complexity index is 583. The van der Waals surface area contributed by atoms with E-state index in [-0.39, 0.29) is 5.82 Å². The van der Waals surface area contributed by atoms with Crippen LogP contribution in [-0.2, 0) is 5.60 Å². The smallest absolute Gasteiger partial charge is 0.167 e. The number of rotatable bonds is 3. The molecule has 18 heavy (non-hydrogen) atoms. The van der Waals surface area contributed by atoms with Crippen LogP contribution >= 0.6 is 0 Å². The zero-order valence-corrected chi connectivity index (χ0v) is 10.1. The fourth-order valence-corrected chi connectivity index (χ4v) is 1.49. The van der Waals surface area contributed by atoms with Gasteiger partial charge in [-0.1, -0.05) is 0 Å². The number of nitrogen functional groups attached to an aromatic ring is 1. The molecular weight excluding hydrogens is 232 g/mol. The average molecular weight is 246 g/mol. The van der Waals surface area contributed by atoms with Crippen LogP contribution < -0.4 is 5.73 Å². The molecule has 0 amide bonds.